The molecule has 2 heterocycles. The molecule has 0 radical (unpaired) electrons. The molecule has 2 aromatic rings. The maximum absolute atomic E-state index is 11.8. The van der Waals surface area contributed by atoms with Crippen molar-refractivity contribution in [1.29, 1.82) is 0 Å². The van der Waals surface area contributed by atoms with Crippen molar-refractivity contribution in [2.24, 2.45) is 5.41 Å². The van der Waals surface area contributed by atoms with E-state index in [2.05, 4.69) is 15.3 Å². The average molecular weight is 258 g/mol. The van der Waals surface area contributed by atoms with Crippen LogP contribution in [0.3, 0.4) is 0 Å². The predicted octanol–water partition coefficient (Wildman–Crippen LogP) is 2.64. The van der Waals surface area contributed by atoms with E-state index in [1.54, 1.807) is 23.3 Å². The van der Waals surface area contributed by atoms with Crippen molar-refractivity contribution in [1.82, 2.24) is 14.5 Å². The van der Waals surface area contributed by atoms with Crippen molar-refractivity contribution in [3.8, 4) is 5.82 Å². The number of hydrogen-bond acceptors (Lipinski definition) is 3. The molecule has 5 heteroatoms. The van der Waals surface area contributed by atoms with Gasteiger partial charge in [0.05, 0.1) is 11.9 Å². The zero-order valence-corrected chi connectivity index (χ0v) is 11.4. The van der Waals surface area contributed by atoms with Gasteiger partial charge in [-0.25, -0.2) is 9.97 Å². The fraction of sp³-hybridized carbons (Fsp3) is 0.357. The van der Waals surface area contributed by atoms with Crippen LogP contribution >= 0.6 is 0 Å². The number of rotatable bonds is 3. The smallest absolute Gasteiger partial charge is 0.224 e. The molecular formula is C14H18N4O. The summed E-state index contributed by atoms with van der Waals surface area (Å²) in [5.74, 6) is 0.774. The molecule has 0 spiro atoms. The maximum Gasteiger partial charge on any atom is 0.224 e. The van der Waals surface area contributed by atoms with E-state index >= 15 is 0 Å². The third-order valence-electron chi connectivity index (χ3n) is 2.49. The van der Waals surface area contributed by atoms with E-state index in [4.69, 9.17) is 0 Å². The number of carbonyl (C=O) groups is 1. The third kappa shape index (κ3) is 3.91. The second-order valence-electron chi connectivity index (χ2n) is 5.66. The van der Waals surface area contributed by atoms with Crippen LogP contribution in [0.2, 0.25) is 0 Å². The van der Waals surface area contributed by atoms with Crippen LogP contribution in [0.5, 0.6) is 0 Å². The van der Waals surface area contributed by atoms with Crippen LogP contribution < -0.4 is 5.32 Å². The molecule has 0 aliphatic rings. The summed E-state index contributed by atoms with van der Waals surface area (Å²) in [5, 5.41) is 2.84. The van der Waals surface area contributed by atoms with Gasteiger partial charge in [-0.05, 0) is 17.5 Å². The molecule has 2 aromatic heterocycles. The summed E-state index contributed by atoms with van der Waals surface area (Å²) >= 11 is 0. The lowest BCUT2D eigenvalue weighted by Gasteiger charge is -2.17. The Hall–Kier alpha value is -2.17. The van der Waals surface area contributed by atoms with Gasteiger partial charge in [-0.3, -0.25) is 9.36 Å². The Kier molecular flexibility index (Phi) is 3.64. The van der Waals surface area contributed by atoms with Crippen LogP contribution in [0.1, 0.15) is 27.2 Å². The number of imidazole rings is 1. The van der Waals surface area contributed by atoms with Gasteiger partial charge < -0.3 is 5.32 Å². The van der Waals surface area contributed by atoms with Crippen LogP contribution in [-0.2, 0) is 4.79 Å². The Morgan fingerprint density at radius 2 is 2.16 bits per heavy atom. The molecule has 5 nitrogen and oxygen atoms in total. The molecule has 1 N–H and O–H groups in total. The molecule has 0 aliphatic heterocycles. The highest BCUT2D eigenvalue weighted by Gasteiger charge is 2.15. The van der Waals surface area contributed by atoms with Gasteiger partial charge in [-0.1, -0.05) is 20.8 Å². The van der Waals surface area contributed by atoms with Crippen LogP contribution in [-0.4, -0.2) is 20.4 Å². The Balaban J connectivity index is 2.01. The molecule has 0 fully saturated rings. The topological polar surface area (TPSA) is 59.8 Å². The Morgan fingerprint density at radius 3 is 2.68 bits per heavy atom. The van der Waals surface area contributed by atoms with E-state index in [1.807, 2.05) is 39.1 Å². The minimum absolute atomic E-state index is 0.00433. The monoisotopic (exact) mass is 258 g/mol. The minimum Gasteiger partial charge on any atom is -0.325 e. The van der Waals surface area contributed by atoms with E-state index in [-0.39, 0.29) is 11.3 Å². The maximum atomic E-state index is 11.8. The first-order chi connectivity index (χ1) is 8.94. The summed E-state index contributed by atoms with van der Waals surface area (Å²) in [5.41, 5.74) is 0.687. The van der Waals surface area contributed by atoms with E-state index in [0.29, 0.717) is 12.1 Å². The van der Waals surface area contributed by atoms with Crippen molar-refractivity contribution >= 4 is 11.6 Å². The number of nitrogens with zero attached hydrogens (tertiary/aromatic N) is 3. The van der Waals surface area contributed by atoms with Crippen molar-refractivity contribution in [2.75, 3.05) is 5.32 Å². The first-order valence-electron chi connectivity index (χ1n) is 6.18. The second-order valence-corrected chi connectivity index (χ2v) is 5.66. The molecule has 2 rings (SSSR count). The largest absolute Gasteiger partial charge is 0.325 e. The molecule has 0 aromatic carbocycles. The Labute approximate surface area is 112 Å². The molecule has 0 aliphatic carbocycles. The normalized spacial score (nSPS) is 11.3. The number of aromatic nitrogens is 3. The van der Waals surface area contributed by atoms with E-state index in [1.165, 1.54) is 0 Å². The molecule has 19 heavy (non-hydrogen) atoms. The van der Waals surface area contributed by atoms with Gasteiger partial charge in [0, 0.05) is 18.8 Å². The van der Waals surface area contributed by atoms with Crippen LogP contribution in [0, 0.1) is 5.41 Å². The quantitative estimate of drug-likeness (QED) is 0.920. The number of amides is 1. The lowest BCUT2D eigenvalue weighted by molar-refractivity contribution is -0.117. The fourth-order valence-electron chi connectivity index (χ4n) is 1.69. The van der Waals surface area contributed by atoms with Crippen molar-refractivity contribution in [2.45, 2.75) is 27.2 Å². The van der Waals surface area contributed by atoms with E-state index in [9.17, 15) is 4.79 Å². The van der Waals surface area contributed by atoms with E-state index in [0.717, 1.165) is 5.82 Å². The van der Waals surface area contributed by atoms with Crippen LogP contribution in [0.25, 0.3) is 5.82 Å². The average Bonchev–Trinajstić information content (AvgIpc) is 2.80. The number of nitrogens with one attached hydrogen (secondary N) is 1. The molecule has 0 bridgehead atoms. The van der Waals surface area contributed by atoms with Crippen molar-refractivity contribution in [3.63, 3.8) is 0 Å². The van der Waals surface area contributed by atoms with Gasteiger partial charge in [-0.15, -0.1) is 0 Å². The standard InChI is InChI=1S/C14H18N4O/c1-14(2,3)8-13(19)17-11-4-5-12(16-9-11)18-7-6-15-10-18/h4-7,9-10H,8H2,1-3H3,(H,17,19). The number of hydrogen-bond donors (Lipinski definition) is 1. The molecule has 0 unspecified atom stereocenters. The summed E-state index contributed by atoms with van der Waals surface area (Å²) in [6, 6.07) is 3.68. The van der Waals surface area contributed by atoms with Gasteiger partial charge in [0.2, 0.25) is 5.91 Å². The van der Waals surface area contributed by atoms with Crippen molar-refractivity contribution in [3.05, 3.63) is 37.1 Å². The highest BCUT2D eigenvalue weighted by molar-refractivity contribution is 5.90. The minimum atomic E-state index is -0.0196. The summed E-state index contributed by atoms with van der Waals surface area (Å²) < 4.78 is 1.81. The van der Waals surface area contributed by atoms with E-state index < -0.39 is 0 Å². The van der Waals surface area contributed by atoms with Gasteiger partial charge in [-0.2, -0.15) is 0 Å². The summed E-state index contributed by atoms with van der Waals surface area (Å²) in [7, 11) is 0. The zero-order chi connectivity index (χ0) is 13.9. The first kappa shape index (κ1) is 13.3. The highest BCUT2D eigenvalue weighted by Crippen LogP contribution is 2.19. The van der Waals surface area contributed by atoms with Gasteiger partial charge >= 0.3 is 0 Å². The van der Waals surface area contributed by atoms with Gasteiger partial charge in [0.15, 0.2) is 0 Å². The molecular weight excluding hydrogens is 240 g/mol. The Morgan fingerprint density at radius 1 is 1.37 bits per heavy atom. The van der Waals surface area contributed by atoms with Crippen LogP contribution in [0.4, 0.5) is 5.69 Å². The molecule has 0 saturated carbocycles. The van der Waals surface area contributed by atoms with Crippen molar-refractivity contribution < 1.29 is 4.79 Å². The van der Waals surface area contributed by atoms with Crippen LogP contribution in [0.15, 0.2) is 37.1 Å². The van der Waals surface area contributed by atoms with Gasteiger partial charge in [0.1, 0.15) is 12.1 Å². The third-order valence-corrected chi connectivity index (χ3v) is 2.49. The molecule has 0 atom stereocenters. The second kappa shape index (κ2) is 5.22. The number of anilines is 1. The molecule has 1 amide bonds. The van der Waals surface area contributed by atoms with Gasteiger partial charge in [0.25, 0.3) is 0 Å². The summed E-state index contributed by atoms with van der Waals surface area (Å²) in [4.78, 5) is 20.0. The molecule has 100 valence electrons. The summed E-state index contributed by atoms with van der Waals surface area (Å²) in [6.07, 6.45) is 7.33. The predicted molar refractivity (Wildman–Crippen MR) is 74.1 cm³/mol. The Bertz CT molecular complexity index is 538. The summed E-state index contributed by atoms with van der Waals surface area (Å²) in [6.45, 7) is 6.10. The lowest BCUT2D eigenvalue weighted by Crippen LogP contribution is -2.19. The SMILES string of the molecule is CC(C)(C)CC(=O)Nc1ccc(-n2ccnc2)nc1. The zero-order valence-electron chi connectivity index (χ0n) is 11.4. The first-order valence-corrected chi connectivity index (χ1v) is 6.18. The lowest BCUT2D eigenvalue weighted by atomic mass is 9.92. The number of pyridine rings is 1. The number of carbonyl (C=O) groups excluding carboxylic acids is 1. The fourth-order valence-corrected chi connectivity index (χ4v) is 1.69. The highest BCUT2D eigenvalue weighted by atomic mass is 16.1. The molecule has 0 saturated heterocycles.